The third kappa shape index (κ3) is 5.17. The van der Waals surface area contributed by atoms with E-state index < -0.39 is 9.84 Å². The largest absolute Gasteiger partial charge is 0.486 e. The van der Waals surface area contributed by atoms with Crippen molar-refractivity contribution in [2.24, 2.45) is 0 Å². The van der Waals surface area contributed by atoms with Crippen molar-refractivity contribution in [3.63, 3.8) is 0 Å². The number of amides is 1. The van der Waals surface area contributed by atoms with Crippen molar-refractivity contribution < 1.29 is 17.9 Å². The number of ether oxygens (including phenoxy) is 1. The van der Waals surface area contributed by atoms with Crippen molar-refractivity contribution in [3.05, 3.63) is 45.4 Å². The molecule has 1 aromatic carbocycles. The van der Waals surface area contributed by atoms with Crippen LogP contribution in [0.4, 0.5) is 0 Å². The van der Waals surface area contributed by atoms with Crippen LogP contribution in [0.3, 0.4) is 0 Å². The second-order valence-electron chi connectivity index (χ2n) is 5.68. The van der Waals surface area contributed by atoms with Crippen LogP contribution in [0, 0.1) is 0 Å². The second kappa shape index (κ2) is 7.72. The number of benzene rings is 1. The third-order valence-corrected chi connectivity index (χ3v) is 6.54. The number of carbonyl (C=O) groups is 1. The maximum Gasteiger partial charge on any atom is 0.228 e. The molecule has 1 saturated heterocycles. The Hall–Kier alpha value is -1.64. The molecular formula is C16H17ClN2O4S2. The lowest BCUT2D eigenvalue weighted by atomic mass is 10.3. The van der Waals surface area contributed by atoms with Crippen molar-refractivity contribution in [1.82, 2.24) is 9.88 Å². The molecule has 6 nitrogen and oxygen atoms in total. The molecule has 1 fully saturated rings. The molecule has 0 radical (unpaired) electrons. The van der Waals surface area contributed by atoms with Gasteiger partial charge in [-0.2, -0.15) is 0 Å². The number of hydrogen-bond donors (Lipinski definition) is 0. The average Bonchev–Trinajstić information content (AvgIpc) is 3.01. The summed E-state index contributed by atoms with van der Waals surface area (Å²) in [5, 5.41) is 3.26. The van der Waals surface area contributed by atoms with E-state index in [0.717, 1.165) is 5.01 Å². The van der Waals surface area contributed by atoms with Crippen LogP contribution in [0.25, 0.3) is 0 Å². The lowest BCUT2D eigenvalue weighted by Gasteiger charge is -2.26. The fourth-order valence-electron chi connectivity index (χ4n) is 2.40. The maximum absolute atomic E-state index is 12.3. The minimum atomic E-state index is -2.99. The van der Waals surface area contributed by atoms with Gasteiger partial charge in [-0.1, -0.05) is 11.6 Å². The molecule has 0 N–H and O–H groups in total. The summed E-state index contributed by atoms with van der Waals surface area (Å²) in [5.41, 5.74) is 0.679. The van der Waals surface area contributed by atoms with Crippen molar-refractivity contribution >= 4 is 38.7 Å². The summed E-state index contributed by atoms with van der Waals surface area (Å²) in [4.78, 5) is 18.2. The molecule has 1 aliphatic heterocycles. The summed E-state index contributed by atoms with van der Waals surface area (Å²) in [5.74, 6) is 0.684. The van der Waals surface area contributed by atoms with Crippen LogP contribution in [-0.4, -0.2) is 48.8 Å². The first kappa shape index (κ1) is 18.2. The number of carbonyl (C=O) groups excluding carboxylic acids is 1. The van der Waals surface area contributed by atoms with Gasteiger partial charge in [-0.3, -0.25) is 4.79 Å². The van der Waals surface area contributed by atoms with E-state index in [9.17, 15) is 13.2 Å². The second-order valence-corrected chi connectivity index (χ2v) is 9.37. The highest BCUT2D eigenvalue weighted by Crippen LogP contribution is 2.18. The van der Waals surface area contributed by atoms with Gasteiger partial charge in [0.15, 0.2) is 9.84 Å². The van der Waals surface area contributed by atoms with E-state index in [1.165, 1.54) is 11.3 Å². The van der Waals surface area contributed by atoms with Crippen LogP contribution in [0.15, 0.2) is 29.6 Å². The molecule has 0 bridgehead atoms. The molecule has 1 aromatic heterocycles. The van der Waals surface area contributed by atoms with Crippen LogP contribution in [0.5, 0.6) is 5.75 Å². The predicted octanol–water partition coefficient (Wildman–Crippen LogP) is 2.18. The van der Waals surface area contributed by atoms with Crippen LogP contribution < -0.4 is 4.74 Å². The maximum atomic E-state index is 12.3. The first-order valence-corrected chi connectivity index (χ1v) is 10.8. The van der Waals surface area contributed by atoms with Gasteiger partial charge in [0.25, 0.3) is 0 Å². The van der Waals surface area contributed by atoms with E-state index in [4.69, 9.17) is 16.3 Å². The first-order valence-electron chi connectivity index (χ1n) is 7.71. The zero-order chi connectivity index (χ0) is 17.9. The SMILES string of the molecule is O=C(Cc1csc(COc2ccc(Cl)cc2)n1)N1CCS(=O)(=O)CC1. The van der Waals surface area contributed by atoms with Crippen LogP contribution in [0.1, 0.15) is 10.7 Å². The fraction of sp³-hybridized carbons (Fsp3) is 0.375. The minimum Gasteiger partial charge on any atom is -0.486 e. The molecular weight excluding hydrogens is 384 g/mol. The van der Waals surface area contributed by atoms with Gasteiger partial charge in [-0.05, 0) is 24.3 Å². The Balaban J connectivity index is 1.51. The van der Waals surface area contributed by atoms with E-state index >= 15 is 0 Å². The van der Waals surface area contributed by atoms with E-state index in [-0.39, 0.29) is 36.9 Å². The van der Waals surface area contributed by atoms with Gasteiger partial charge in [-0.25, -0.2) is 13.4 Å². The van der Waals surface area contributed by atoms with E-state index in [1.54, 1.807) is 29.2 Å². The number of halogens is 1. The Morgan fingerprint density at radius 1 is 1.24 bits per heavy atom. The quantitative estimate of drug-likeness (QED) is 0.768. The molecule has 0 aliphatic carbocycles. The average molecular weight is 401 g/mol. The Morgan fingerprint density at radius 2 is 1.92 bits per heavy atom. The number of rotatable bonds is 5. The summed E-state index contributed by atoms with van der Waals surface area (Å²) in [6.45, 7) is 0.845. The van der Waals surface area contributed by atoms with Gasteiger partial charge >= 0.3 is 0 Å². The highest BCUT2D eigenvalue weighted by Gasteiger charge is 2.25. The van der Waals surface area contributed by atoms with Crippen LogP contribution >= 0.6 is 22.9 Å². The predicted molar refractivity (Wildman–Crippen MR) is 96.8 cm³/mol. The topological polar surface area (TPSA) is 76.6 Å². The van der Waals surface area contributed by atoms with Crippen molar-refractivity contribution in [2.75, 3.05) is 24.6 Å². The van der Waals surface area contributed by atoms with Crippen molar-refractivity contribution in [3.8, 4) is 5.75 Å². The van der Waals surface area contributed by atoms with Gasteiger partial charge in [-0.15, -0.1) is 11.3 Å². The lowest BCUT2D eigenvalue weighted by molar-refractivity contribution is -0.130. The molecule has 2 aromatic rings. The van der Waals surface area contributed by atoms with Crippen molar-refractivity contribution in [1.29, 1.82) is 0 Å². The molecule has 0 atom stereocenters. The molecule has 1 amide bonds. The van der Waals surface area contributed by atoms with Gasteiger partial charge in [0.05, 0.1) is 23.6 Å². The lowest BCUT2D eigenvalue weighted by Crippen LogP contribution is -2.44. The standard InChI is InChI=1S/C16H17ClN2O4S2/c17-12-1-3-14(4-2-12)23-10-15-18-13(11-24-15)9-16(20)19-5-7-25(21,22)8-6-19/h1-4,11H,5-10H2. The Morgan fingerprint density at radius 3 is 2.60 bits per heavy atom. The Labute approximate surface area is 155 Å². The molecule has 134 valence electrons. The zero-order valence-corrected chi connectivity index (χ0v) is 15.7. The molecule has 3 rings (SSSR count). The molecule has 0 spiro atoms. The number of thiazole rings is 1. The molecule has 25 heavy (non-hydrogen) atoms. The summed E-state index contributed by atoms with van der Waals surface area (Å²) in [6, 6.07) is 7.07. The fourth-order valence-corrected chi connectivity index (χ4v) is 4.43. The third-order valence-electron chi connectivity index (χ3n) is 3.80. The van der Waals surface area contributed by atoms with Crippen LogP contribution in [-0.2, 0) is 27.7 Å². The highest BCUT2D eigenvalue weighted by molar-refractivity contribution is 7.91. The van der Waals surface area contributed by atoms with Gasteiger partial charge < -0.3 is 9.64 Å². The van der Waals surface area contributed by atoms with Gasteiger partial charge in [0.2, 0.25) is 5.91 Å². The Kier molecular flexibility index (Phi) is 5.61. The van der Waals surface area contributed by atoms with Gasteiger partial charge in [0.1, 0.15) is 17.4 Å². The normalized spacial score (nSPS) is 16.6. The van der Waals surface area contributed by atoms with E-state index in [0.29, 0.717) is 23.1 Å². The summed E-state index contributed by atoms with van der Waals surface area (Å²) in [6.07, 6.45) is 0.178. The number of hydrogen-bond acceptors (Lipinski definition) is 6. The summed E-state index contributed by atoms with van der Waals surface area (Å²) in [7, 11) is -2.99. The molecule has 0 unspecified atom stereocenters. The van der Waals surface area contributed by atoms with Crippen LogP contribution in [0.2, 0.25) is 5.02 Å². The molecule has 1 aliphatic rings. The smallest absolute Gasteiger partial charge is 0.228 e. The first-order chi connectivity index (χ1) is 11.9. The number of aromatic nitrogens is 1. The minimum absolute atomic E-state index is 0.0377. The number of sulfone groups is 1. The molecule has 2 heterocycles. The Bertz CT molecular complexity index is 835. The summed E-state index contributed by atoms with van der Waals surface area (Å²) < 4.78 is 28.5. The zero-order valence-electron chi connectivity index (χ0n) is 13.4. The molecule has 0 saturated carbocycles. The monoisotopic (exact) mass is 400 g/mol. The van der Waals surface area contributed by atoms with Gasteiger partial charge in [0, 0.05) is 23.5 Å². The molecule has 9 heteroatoms. The highest BCUT2D eigenvalue weighted by atomic mass is 35.5. The van der Waals surface area contributed by atoms with E-state index in [2.05, 4.69) is 4.98 Å². The summed E-state index contributed by atoms with van der Waals surface area (Å²) >= 11 is 7.26. The van der Waals surface area contributed by atoms with E-state index in [1.807, 2.05) is 5.38 Å². The van der Waals surface area contributed by atoms with Crippen molar-refractivity contribution in [2.45, 2.75) is 13.0 Å². The number of nitrogens with zero attached hydrogens (tertiary/aromatic N) is 2.